The number of nitro groups is 1. The molecule has 0 N–H and O–H groups in total. The first-order valence-corrected chi connectivity index (χ1v) is 5.10. The maximum atomic E-state index is 10.8. The van der Waals surface area contributed by atoms with E-state index >= 15 is 0 Å². The third-order valence-electron chi connectivity index (χ3n) is 2.05. The zero-order chi connectivity index (χ0) is 13.2. The first kappa shape index (κ1) is 13.0. The van der Waals surface area contributed by atoms with Crippen molar-refractivity contribution in [1.82, 2.24) is 9.78 Å². The van der Waals surface area contributed by atoms with Gasteiger partial charge in [0.25, 0.3) is 0 Å². The van der Waals surface area contributed by atoms with Gasteiger partial charge in [0.2, 0.25) is 0 Å². The normalized spacial score (nSPS) is 11.3. The van der Waals surface area contributed by atoms with E-state index < -0.39 is 10.5 Å². The quantitative estimate of drug-likeness (QED) is 0.589. The van der Waals surface area contributed by atoms with E-state index in [0.717, 1.165) is 0 Å². The molecule has 0 bridgehead atoms. The van der Waals surface area contributed by atoms with Crippen LogP contribution in [-0.4, -0.2) is 20.8 Å². The Morgan fingerprint density at radius 3 is 2.65 bits per heavy atom. The van der Waals surface area contributed by atoms with Crippen LogP contribution in [0.4, 0.5) is 5.69 Å². The van der Waals surface area contributed by atoms with Crippen LogP contribution in [-0.2, 0) is 5.54 Å². The largest absolute Gasteiger partial charge is 0.469 e. The van der Waals surface area contributed by atoms with Gasteiger partial charge in [-0.05, 0) is 27.7 Å². The Morgan fingerprint density at radius 1 is 1.65 bits per heavy atom. The molecule has 0 fully saturated rings. The Morgan fingerprint density at radius 2 is 2.24 bits per heavy atom. The third-order valence-corrected chi connectivity index (χ3v) is 2.05. The van der Waals surface area contributed by atoms with Gasteiger partial charge >= 0.3 is 11.6 Å². The molecule has 0 atom stereocenters. The zero-order valence-corrected chi connectivity index (χ0v) is 10.2. The summed E-state index contributed by atoms with van der Waals surface area (Å²) in [7, 11) is 0. The molecule has 17 heavy (non-hydrogen) atoms. The van der Waals surface area contributed by atoms with Crippen molar-refractivity contribution >= 4 is 5.69 Å². The van der Waals surface area contributed by atoms with E-state index in [1.807, 2.05) is 6.07 Å². The molecule has 1 heterocycles. The highest BCUT2D eigenvalue weighted by atomic mass is 16.6. The average molecular weight is 238 g/mol. The lowest BCUT2D eigenvalue weighted by Gasteiger charge is -2.14. The summed E-state index contributed by atoms with van der Waals surface area (Å²) in [5, 5.41) is 23.7. The summed E-state index contributed by atoms with van der Waals surface area (Å²) < 4.78 is 6.48. The summed E-state index contributed by atoms with van der Waals surface area (Å²) in [6.45, 7) is 6.72. The molecule has 0 spiro atoms. The van der Waals surface area contributed by atoms with Gasteiger partial charge in [-0.1, -0.05) is 0 Å². The van der Waals surface area contributed by atoms with Gasteiger partial charge in [0.15, 0.2) is 0 Å². The number of ether oxygens (including phenoxy) is 1. The van der Waals surface area contributed by atoms with Crippen LogP contribution in [0.2, 0.25) is 0 Å². The predicted octanol–water partition coefficient (Wildman–Crippen LogP) is 1.84. The Labute approximate surface area is 98.8 Å². The topological polar surface area (TPSA) is 94.0 Å². The van der Waals surface area contributed by atoms with Gasteiger partial charge in [-0.3, -0.25) is 10.1 Å². The second-order valence-corrected chi connectivity index (χ2v) is 4.36. The number of hydrogen-bond donors (Lipinski definition) is 0. The van der Waals surface area contributed by atoms with Crippen molar-refractivity contribution < 1.29 is 9.66 Å². The molecule has 0 amide bonds. The third kappa shape index (κ3) is 2.72. The van der Waals surface area contributed by atoms with E-state index in [1.165, 1.54) is 10.9 Å². The lowest BCUT2D eigenvalue weighted by Crippen LogP contribution is -2.24. The van der Waals surface area contributed by atoms with Crippen molar-refractivity contribution in [1.29, 1.82) is 5.26 Å². The molecule has 0 radical (unpaired) electrons. The molecule has 0 aliphatic heterocycles. The fourth-order valence-corrected chi connectivity index (χ4v) is 1.12. The lowest BCUT2D eigenvalue weighted by molar-refractivity contribution is -0.386. The first-order valence-electron chi connectivity index (χ1n) is 5.10. The standard InChI is InChI=1S/C10H14N4O3/c1-7(2)17-9-8(14(15)16)5-13(12-9)10(3,4)6-11/h5,7H,1-4H3. The van der Waals surface area contributed by atoms with Crippen LogP contribution in [0.5, 0.6) is 5.88 Å². The fraction of sp³-hybridized carbons (Fsp3) is 0.600. The van der Waals surface area contributed by atoms with Gasteiger partial charge in [-0.2, -0.15) is 5.26 Å². The molecule has 7 heteroatoms. The highest BCUT2D eigenvalue weighted by molar-refractivity contribution is 5.39. The monoisotopic (exact) mass is 238 g/mol. The van der Waals surface area contributed by atoms with E-state index in [4.69, 9.17) is 10.00 Å². The van der Waals surface area contributed by atoms with Crippen molar-refractivity contribution in [3.63, 3.8) is 0 Å². The maximum absolute atomic E-state index is 10.8. The van der Waals surface area contributed by atoms with Gasteiger partial charge in [-0.25, -0.2) is 4.68 Å². The lowest BCUT2D eigenvalue weighted by atomic mass is 10.1. The molecule has 0 aromatic carbocycles. The molecular weight excluding hydrogens is 224 g/mol. The molecule has 1 rings (SSSR count). The summed E-state index contributed by atoms with van der Waals surface area (Å²) in [5.41, 5.74) is -1.19. The molecule has 0 aliphatic carbocycles. The van der Waals surface area contributed by atoms with Gasteiger partial charge in [0.1, 0.15) is 11.7 Å². The number of nitriles is 1. The van der Waals surface area contributed by atoms with Crippen molar-refractivity contribution in [2.75, 3.05) is 0 Å². The van der Waals surface area contributed by atoms with Gasteiger partial charge in [0, 0.05) is 0 Å². The maximum Gasteiger partial charge on any atom is 0.350 e. The fourth-order valence-electron chi connectivity index (χ4n) is 1.12. The van der Waals surface area contributed by atoms with Crippen molar-refractivity contribution in [2.45, 2.75) is 39.3 Å². The number of aromatic nitrogens is 2. The zero-order valence-electron chi connectivity index (χ0n) is 10.2. The molecule has 7 nitrogen and oxygen atoms in total. The smallest absolute Gasteiger partial charge is 0.350 e. The van der Waals surface area contributed by atoms with Crippen molar-refractivity contribution in [2.24, 2.45) is 0 Å². The molecule has 1 aromatic heterocycles. The van der Waals surface area contributed by atoms with E-state index in [9.17, 15) is 10.1 Å². The molecule has 0 saturated carbocycles. The molecule has 0 saturated heterocycles. The van der Waals surface area contributed by atoms with Crippen LogP contribution in [0, 0.1) is 21.4 Å². The van der Waals surface area contributed by atoms with Crippen molar-refractivity contribution in [3.8, 4) is 11.9 Å². The van der Waals surface area contributed by atoms with E-state index in [1.54, 1.807) is 27.7 Å². The van der Waals surface area contributed by atoms with Crippen LogP contribution >= 0.6 is 0 Å². The van der Waals surface area contributed by atoms with Crippen molar-refractivity contribution in [3.05, 3.63) is 16.3 Å². The number of hydrogen-bond acceptors (Lipinski definition) is 5. The number of nitrogens with zero attached hydrogens (tertiary/aromatic N) is 4. The minimum Gasteiger partial charge on any atom is -0.469 e. The Bertz CT molecular complexity index is 470. The summed E-state index contributed by atoms with van der Waals surface area (Å²) in [4.78, 5) is 10.2. The molecular formula is C10H14N4O3. The van der Waals surface area contributed by atoms with Gasteiger partial charge < -0.3 is 4.74 Å². The van der Waals surface area contributed by atoms with Gasteiger partial charge in [-0.15, -0.1) is 5.10 Å². The van der Waals surface area contributed by atoms with Crippen LogP contribution < -0.4 is 4.74 Å². The van der Waals surface area contributed by atoms with Crippen LogP contribution in [0.25, 0.3) is 0 Å². The first-order chi connectivity index (χ1) is 7.77. The van der Waals surface area contributed by atoms with Crippen LogP contribution in [0.15, 0.2) is 6.20 Å². The number of rotatable bonds is 4. The Hall–Kier alpha value is -2.10. The van der Waals surface area contributed by atoms with Gasteiger partial charge in [0.05, 0.1) is 17.1 Å². The van der Waals surface area contributed by atoms with E-state index in [-0.39, 0.29) is 17.7 Å². The summed E-state index contributed by atoms with van der Waals surface area (Å²) in [6, 6.07) is 2.01. The Balaban J connectivity index is 3.23. The predicted molar refractivity (Wildman–Crippen MR) is 59.6 cm³/mol. The van der Waals surface area contributed by atoms with Crippen LogP contribution in [0.3, 0.4) is 0 Å². The minimum absolute atomic E-state index is 0.0617. The summed E-state index contributed by atoms with van der Waals surface area (Å²) >= 11 is 0. The SMILES string of the molecule is CC(C)Oc1nn(C(C)(C)C#N)cc1[N+](=O)[O-]. The molecule has 0 aliphatic rings. The summed E-state index contributed by atoms with van der Waals surface area (Å²) in [5.74, 6) is -0.0617. The average Bonchev–Trinajstić information content (AvgIpc) is 2.61. The van der Waals surface area contributed by atoms with Crippen LogP contribution in [0.1, 0.15) is 27.7 Å². The second-order valence-electron chi connectivity index (χ2n) is 4.36. The van der Waals surface area contributed by atoms with E-state index in [0.29, 0.717) is 0 Å². The highest BCUT2D eigenvalue weighted by Gasteiger charge is 2.28. The molecule has 92 valence electrons. The van der Waals surface area contributed by atoms with E-state index in [2.05, 4.69) is 5.10 Å². The molecule has 1 aromatic rings. The highest BCUT2D eigenvalue weighted by Crippen LogP contribution is 2.28. The Kier molecular flexibility index (Phi) is 3.36. The minimum atomic E-state index is -0.955. The summed E-state index contributed by atoms with van der Waals surface area (Å²) in [6.07, 6.45) is 0.989. The second kappa shape index (κ2) is 4.41. The molecule has 0 unspecified atom stereocenters.